The summed E-state index contributed by atoms with van der Waals surface area (Å²) in [5.74, 6) is -0.850. The van der Waals surface area contributed by atoms with Crippen LogP contribution in [0.1, 0.15) is 31.9 Å². The van der Waals surface area contributed by atoms with Crippen molar-refractivity contribution in [2.24, 2.45) is 0 Å². The maximum atomic E-state index is 15.2. The summed E-state index contributed by atoms with van der Waals surface area (Å²) >= 11 is 6.90. The molecule has 1 amide bonds. The standard InChI is InChI=1S/C30H28ClFN6O4/c1-4-21(40)36-12-13-37-17(15-36)10-14-42-27-23-28(37)35-30(41)38(19-8-6-11-33-25(19)16(2)3)29(23)34-26(24(27)31)22-18(32)7-5-9-20(22)39/h4-9,11,16-17,39H,1,10,12-15H2,2-3H3. The molecule has 2 aliphatic rings. The molecule has 0 aliphatic carbocycles. The molecule has 0 spiro atoms. The van der Waals surface area contributed by atoms with Crippen LogP contribution in [0.4, 0.5) is 10.2 Å². The average Bonchev–Trinajstić information content (AvgIpc) is 2.96. The van der Waals surface area contributed by atoms with Crippen molar-refractivity contribution in [2.75, 3.05) is 31.1 Å². The Hall–Kier alpha value is -4.51. The highest BCUT2D eigenvalue weighted by Crippen LogP contribution is 2.46. The van der Waals surface area contributed by atoms with E-state index in [9.17, 15) is 14.7 Å². The van der Waals surface area contributed by atoms with Gasteiger partial charge in [0.1, 0.15) is 33.5 Å². The van der Waals surface area contributed by atoms with Gasteiger partial charge in [0.2, 0.25) is 5.91 Å². The molecule has 42 heavy (non-hydrogen) atoms. The fourth-order valence-corrected chi connectivity index (χ4v) is 5.99. The van der Waals surface area contributed by atoms with Crippen molar-refractivity contribution in [1.29, 1.82) is 0 Å². The fraction of sp³-hybridized carbons (Fsp3) is 0.300. The second kappa shape index (κ2) is 10.7. The third kappa shape index (κ3) is 4.44. The number of hydrogen-bond acceptors (Lipinski definition) is 8. The number of phenolic OH excluding ortho intramolecular Hbond substituents is 1. The minimum Gasteiger partial charge on any atom is -0.507 e. The molecule has 1 fully saturated rings. The molecule has 0 radical (unpaired) electrons. The van der Waals surface area contributed by atoms with Crippen LogP contribution in [0.3, 0.4) is 0 Å². The van der Waals surface area contributed by atoms with Gasteiger partial charge >= 0.3 is 5.69 Å². The van der Waals surface area contributed by atoms with Crippen LogP contribution in [0.15, 0.2) is 54.0 Å². The number of carbonyl (C=O) groups excluding carboxylic acids is 1. The molecule has 12 heteroatoms. The van der Waals surface area contributed by atoms with Crippen LogP contribution in [0, 0.1) is 5.82 Å². The molecule has 4 aromatic rings. The topological polar surface area (TPSA) is 114 Å². The number of fused-ring (bicyclic) bond motifs is 2. The third-order valence-electron chi connectivity index (χ3n) is 7.67. The highest BCUT2D eigenvalue weighted by Gasteiger charge is 2.36. The Morgan fingerprint density at radius 2 is 2.05 bits per heavy atom. The summed E-state index contributed by atoms with van der Waals surface area (Å²) in [6, 6.07) is 7.15. The van der Waals surface area contributed by atoms with E-state index in [1.54, 1.807) is 23.2 Å². The van der Waals surface area contributed by atoms with Crippen molar-refractivity contribution in [3.05, 3.63) is 76.2 Å². The lowest BCUT2D eigenvalue weighted by molar-refractivity contribution is -0.126. The normalized spacial score (nSPS) is 16.5. The first-order valence-corrected chi connectivity index (χ1v) is 14.0. The number of aromatic hydroxyl groups is 1. The van der Waals surface area contributed by atoms with E-state index in [4.69, 9.17) is 21.3 Å². The van der Waals surface area contributed by atoms with E-state index in [1.807, 2.05) is 18.7 Å². The first-order valence-electron chi connectivity index (χ1n) is 13.6. The Bertz CT molecular complexity index is 1790. The number of aromatic nitrogens is 4. The second-order valence-electron chi connectivity index (χ2n) is 10.5. The van der Waals surface area contributed by atoms with Gasteiger partial charge in [0, 0.05) is 32.3 Å². The lowest BCUT2D eigenvalue weighted by atomic mass is 10.0. The number of ether oxygens (including phenoxy) is 1. The summed E-state index contributed by atoms with van der Waals surface area (Å²) in [5.41, 5.74) is 0.303. The number of phenols is 1. The van der Waals surface area contributed by atoms with Crippen molar-refractivity contribution in [1.82, 2.24) is 24.4 Å². The van der Waals surface area contributed by atoms with E-state index in [-0.39, 0.29) is 57.9 Å². The molecule has 6 rings (SSSR count). The smallest absolute Gasteiger partial charge is 0.355 e. The van der Waals surface area contributed by atoms with E-state index < -0.39 is 11.5 Å². The van der Waals surface area contributed by atoms with Crippen LogP contribution >= 0.6 is 11.6 Å². The van der Waals surface area contributed by atoms with Gasteiger partial charge in [-0.3, -0.25) is 9.78 Å². The number of carbonyl (C=O) groups is 1. The Kier molecular flexibility index (Phi) is 7.05. The molecule has 10 nitrogen and oxygen atoms in total. The zero-order valence-electron chi connectivity index (χ0n) is 23.0. The quantitative estimate of drug-likeness (QED) is 0.347. The van der Waals surface area contributed by atoms with Gasteiger partial charge in [0.25, 0.3) is 0 Å². The minimum absolute atomic E-state index is 0.0228. The summed E-state index contributed by atoms with van der Waals surface area (Å²) in [5, 5.41) is 11.0. The molecule has 1 saturated heterocycles. The number of nitrogens with zero attached hydrogens (tertiary/aromatic N) is 6. The number of hydrogen-bond donors (Lipinski definition) is 1. The number of amides is 1. The van der Waals surface area contributed by atoms with Gasteiger partial charge in [0.05, 0.1) is 29.6 Å². The van der Waals surface area contributed by atoms with Crippen molar-refractivity contribution in [2.45, 2.75) is 32.2 Å². The number of halogens is 2. The summed E-state index contributed by atoms with van der Waals surface area (Å²) in [6.07, 6.45) is 3.42. The van der Waals surface area contributed by atoms with E-state index >= 15 is 4.39 Å². The monoisotopic (exact) mass is 590 g/mol. The predicted octanol–water partition coefficient (Wildman–Crippen LogP) is 4.45. The third-order valence-corrected chi connectivity index (χ3v) is 8.03. The molecule has 3 aromatic heterocycles. The zero-order valence-corrected chi connectivity index (χ0v) is 23.8. The first-order chi connectivity index (χ1) is 20.2. The maximum absolute atomic E-state index is 15.2. The van der Waals surface area contributed by atoms with E-state index in [0.29, 0.717) is 48.6 Å². The van der Waals surface area contributed by atoms with E-state index in [1.165, 1.54) is 28.8 Å². The SMILES string of the molecule is C=CC(=O)N1CCN2c3nc(=O)n(-c4cccnc4C(C)C)c4nc(-c5c(O)cccc5F)c(Cl)c(c34)OCCC2C1. The van der Waals surface area contributed by atoms with Crippen molar-refractivity contribution >= 4 is 34.4 Å². The van der Waals surface area contributed by atoms with Crippen LogP contribution in [-0.2, 0) is 4.79 Å². The summed E-state index contributed by atoms with van der Waals surface area (Å²) in [7, 11) is 0. The predicted molar refractivity (Wildman–Crippen MR) is 157 cm³/mol. The molecule has 1 atom stereocenters. The van der Waals surface area contributed by atoms with Gasteiger partial charge in [-0.1, -0.05) is 38.1 Å². The second-order valence-corrected chi connectivity index (χ2v) is 10.9. The van der Waals surface area contributed by atoms with Gasteiger partial charge in [-0.2, -0.15) is 4.98 Å². The van der Waals surface area contributed by atoms with Crippen molar-refractivity contribution < 1.29 is 19.0 Å². The summed E-state index contributed by atoms with van der Waals surface area (Å²) in [6.45, 7) is 8.90. The number of benzene rings is 1. The molecule has 1 aromatic carbocycles. The number of rotatable bonds is 4. The molecule has 0 saturated carbocycles. The Morgan fingerprint density at radius 1 is 1.24 bits per heavy atom. The van der Waals surface area contributed by atoms with Crippen molar-refractivity contribution in [3.8, 4) is 28.4 Å². The molecular formula is C30H28ClFN6O4. The molecule has 0 bridgehead atoms. The van der Waals surface area contributed by atoms with E-state index in [2.05, 4.69) is 16.5 Å². The zero-order chi connectivity index (χ0) is 29.7. The Morgan fingerprint density at radius 3 is 2.79 bits per heavy atom. The molecular weight excluding hydrogens is 563 g/mol. The molecule has 1 unspecified atom stereocenters. The Balaban J connectivity index is 1.70. The lowest BCUT2D eigenvalue weighted by Crippen LogP contribution is -2.56. The minimum atomic E-state index is -0.739. The highest BCUT2D eigenvalue weighted by atomic mass is 35.5. The van der Waals surface area contributed by atoms with E-state index in [0.717, 1.165) is 0 Å². The van der Waals surface area contributed by atoms with Gasteiger partial charge in [-0.15, -0.1) is 0 Å². The van der Waals surface area contributed by atoms with Crippen molar-refractivity contribution in [3.63, 3.8) is 0 Å². The van der Waals surface area contributed by atoms with Gasteiger partial charge in [-0.05, 0) is 36.3 Å². The number of piperazine rings is 1. The maximum Gasteiger partial charge on any atom is 0.355 e. The van der Waals surface area contributed by atoms with Crippen LogP contribution in [-0.4, -0.2) is 67.7 Å². The average molecular weight is 591 g/mol. The first kappa shape index (κ1) is 27.6. The van der Waals surface area contributed by atoms with Crippen LogP contribution in [0.25, 0.3) is 28.0 Å². The van der Waals surface area contributed by atoms with Gasteiger partial charge < -0.3 is 19.6 Å². The summed E-state index contributed by atoms with van der Waals surface area (Å²) < 4.78 is 22.8. The molecule has 5 heterocycles. The number of anilines is 1. The Labute approximate surface area is 245 Å². The lowest BCUT2D eigenvalue weighted by Gasteiger charge is -2.43. The van der Waals surface area contributed by atoms with Gasteiger partial charge in [-0.25, -0.2) is 18.7 Å². The largest absolute Gasteiger partial charge is 0.507 e. The van der Waals surface area contributed by atoms with Crippen LogP contribution in [0.5, 0.6) is 11.5 Å². The van der Waals surface area contributed by atoms with Gasteiger partial charge in [0.15, 0.2) is 11.4 Å². The summed E-state index contributed by atoms with van der Waals surface area (Å²) in [4.78, 5) is 43.9. The molecule has 1 N–H and O–H groups in total. The fourth-order valence-electron chi connectivity index (χ4n) is 5.70. The molecule has 2 aliphatic heterocycles. The highest BCUT2D eigenvalue weighted by molar-refractivity contribution is 6.36. The number of pyridine rings is 2. The van der Waals surface area contributed by atoms with Crippen LogP contribution < -0.4 is 15.3 Å². The van der Waals surface area contributed by atoms with Crippen LogP contribution in [0.2, 0.25) is 5.02 Å². The molecule has 216 valence electrons.